The minimum Gasteiger partial charge on any atom is -0.310 e. The van der Waals surface area contributed by atoms with Gasteiger partial charge in [0.2, 0.25) is 0 Å². The first-order valence-corrected chi connectivity index (χ1v) is 7.15. The highest BCUT2D eigenvalue weighted by Crippen LogP contribution is 2.12. The average molecular weight is 322 g/mol. The molecule has 19 heavy (non-hydrogen) atoms. The first-order chi connectivity index (χ1) is 9.15. The highest BCUT2D eigenvalue weighted by Gasteiger charge is 2.06. The Bertz CT molecular complexity index is 525. The summed E-state index contributed by atoms with van der Waals surface area (Å²) in [5.41, 5.74) is 1.99. The van der Waals surface area contributed by atoms with Crippen LogP contribution in [-0.2, 0) is 13.0 Å². The van der Waals surface area contributed by atoms with Crippen LogP contribution in [0.25, 0.3) is 0 Å². The third-order valence-electron chi connectivity index (χ3n) is 3.05. The van der Waals surface area contributed by atoms with Crippen molar-refractivity contribution in [3.8, 4) is 0 Å². The molecule has 2 rings (SSSR count). The predicted molar refractivity (Wildman–Crippen MR) is 80.5 cm³/mol. The molecule has 0 amide bonds. The van der Waals surface area contributed by atoms with Gasteiger partial charge in [-0.15, -0.1) is 0 Å². The van der Waals surface area contributed by atoms with Gasteiger partial charge in [-0.3, -0.25) is 0 Å². The molecule has 1 N–H and O–H groups in total. The minimum atomic E-state index is -0.125. The smallest absolute Gasteiger partial charge is 0.126 e. The van der Waals surface area contributed by atoms with E-state index in [0.717, 1.165) is 16.6 Å². The Balaban J connectivity index is 1.86. The second kappa shape index (κ2) is 6.83. The van der Waals surface area contributed by atoms with Crippen molar-refractivity contribution in [1.82, 2.24) is 5.32 Å². The number of rotatable bonds is 5. The number of halogens is 2. The summed E-state index contributed by atoms with van der Waals surface area (Å²) >= 11 is 3.42. The SMILES string of the molecule is CC(Cc1ccccc1F)NCc1ccc(Br)cc1. The molecule has 0 spiro atoms. The summed E-state index contributed by atoms with van der Waals surface area (Å²) in [5.74, 6) is -0.125. The molecule has 0 bridgehead atoms. The van der Waals surface area contributed by atoms with Gasteiger partial charge >= 0.3 is 0 Å². The Morgan fingerprint density at radius 2 is 1.79 bits per heavy atom. The molecule has 1 nitrogen and oxygen atoms in total. The lowest BCUT2D eigenvalue weighted by Crippen LogP contribution is -2.27. The van der Waals surface area contributed by atoms with Crippen LogP contribution in [0.4, 0.5) is 4.39 Å². The highest BCUT2D eigenvalue weighted by molar-refractivity contribution is 9.10. The quantitative estimate of drug-likeness (QED) is 0.865. The van der Waals surface area contributed by atoms with Gasteiger partial charge in [-0.1, -0.05) is 46.3 Å². The van der Waals surface area contributed by atoms with Crippen LogP contribution >= 0.6 is 15.9 Å². The summed E-state index contributed by atoms with van der Waals surface area (Å²) in [4.78, 5) is 0. The molecule has 0 aliphatic carbocycles. The molecular formula is C16H17BrFN. The van der Waals surface area contributed by atoms with E-state index in [4.69, 9.17) is 0 Å². The summed E-state index contributed by atoms with van der Waals surface area (Å²) in [6.07, 6.45) is 0.698. The number of hydrogen-bond acceptors (Lipinski definition) is 1. The van der Waals surface area contributed by atoms with Gasteiger partial charge in [0.1, 0.15) is 5.82 Å². The van der Waals surface area contributed by atoms with Crippen LogP contribution in [-0.4, -0.2) is 6.04 Å². The standard InChI is InChI=1S/C16H17BrFN/c1-12(10-14-4-2-3-5-16(14)18)19-11-13-6-8-15(17)9-7-13/h2-9,12,19H,10-11H2,1H3. The van der Waals surface area contributed by atoms with E-state index >= 15 is 0 Å². The number of benzene rings is 2. The third kappa shape index (κ3) is 4.44. The fourth-order valence-corrected chi connectivity index (χ4v) is 2.22. The third-order valence-corrected chi connectivity index (χ3v) is 3.58. The van der Waals surface area contributed by atoms with Gasteiger partial charge in [-0.05, 0) is 42.7 Å². The zero-order valence-electron chi connectivity index (χ0n) is 10.9. The van der Waals surface area contributed by atoms with E-state index in [-0.39, 0.29) is 11.9 Å². The predicted octanol–water partition coefficient (Wildman–Crippen LogP) is 4.31. The fourth-order valence-electron chi connectivity index (χ4n) is 1.96. The van der Waals surface area contributed by atoms with Gasteiger partial charge in [0, 0.05) is 17.1 Å². The van der Waals surface area contributed by atoms with Crippen LogP contribution in [0.2, 0.25) is 0 Å². The Morgan fingerprint density at radius 3 is 2.47 bits per heavy atom. The lowest BCUT2D eigenvalue weighted by atomic mass is 10.1. The molecule has 0 radical (unpaired) electrons. The number of nitrogens with one attached hydrogen (secondary N) is 1. The van der Waals surface area contributed by atoms with Crippen LogP contribution in [0.3, 0.4) is 0 Å². The zero-order chi connectivity index (χ0) is 13.7. The van der Waals surface area contributed by atoms with Crippen molar-refractivity contribution in [2.75, 3.05) is 0 Å². The average Bonchev–Trinajstić information content (AvgIpc) is 2.41. The Morgan fingerprint density at radius 1 is 1.11 bits per heavy atom. The molecule has 0 saturated carbocycles. The van der Waals surface area contributed by atoms with Gasteiger partial charge in [0.05, 0.1) is 0 Å². The van der Waals surface area contributed by atoms with Gasteiger partial charge in [-0.25, -0.2) is 4.39 Å². The Labute approximate surface area is 122 Å². The molecule has 0 fully saturated rings. The van der Waals surface area contributed by atoms with Gasteiger partial charge in [0.15, 0.2) is 0 Å². The molecule has 2 aromatic carbocycles. The second-order valence-corrected chi connectivity index (χ2v) is 5.62. The maximum absolute atomic E-state index is 13.5. The molecule has 0 heterocycles. The van der Waals surface area contributed by atoms with E-state index in [9.17, 15) is 4.39 Å². The van der Waals surface area contributed by atoms with E-state index in [0.29, 0.717) is 6.42 Å². The maximum Gasteiger partial charge on any atom is 0.126 e. The van der Waals surface area contributed by atoms with Gasteiger partial charge in [0.25, 0.3) is 0 Å². The maximum atomic E-state index is 13.5. The lowest BCUT2D eigenvalue weighted by molar-refractivity contribution is 0.526. The molecule has 2 aromatic rings. The molecule has 1 atom stereocenters. The van der Waals surface area contributed by atoms with Crippen molar-refractivity contribution in [1.29, 1.82) is 0 Å². The molecule has 100 valence electrons. The van der Waals surface area contributed by atoms with E-state index in [1.807, 2.05) is 24.3 Å². The molecular weight excluding hydrogens is 305 g/mol. The molecule has 1 unspecified atom stereocenters. The Hall–Kier alpha value is -1.19. The van der Waals surface area contributed by atoms with E-state index in [2.05, 4.69) is 40.3 Å². The molecule has 0 aromatic heterocycles. The van der Waals surface area contributed by atoms with E-state index in [1.54, 1.807) is 6.07 Å². The first-order valence-electron chi connectivity index (χ1n) is 6.36. The molecule has 3 heteroatoms. The summed E-state index contributed by atoms with van der Waals surface area (Å²) in [7, 11) is 0. The van der Waals surface area contributed by atoms with Gasteiger partial charge in [-0.2, -0.15) is 0 Å². The molecule has 0 aliphatic heterocycles. The summed E-state index contributed by atoms with van der Waals surface area (Å²) in [5, 5.41) is 3.41. The van der Waals surface area contributed by atoms with Crippen molar-refractivity contribution in [3.63, 3.8) is 0 Å². The second-order valence-electron chi connectivity index (χ2n) is 4.70. The van der Waals surface area contributed by atoms with Crippen molar-refractivity contribution in [2.45, 2.75) is 25.9 Å². The Kier molecular flexibility index (Phi) is 5.11. The van der Waals surface area contributed by atoms with Crippen molar-refractivity contribution < 1.29 is 4.39 Å². The number of hydrogen-bond donors (Lipinski definition) is 1. The molecule has 0 aliphatic rings. The summed E-state index contributed by atoms with van der Waals surface area (Å²) in [6.45, 7) is 2.87. The van der Waals surface area contributed by atoms with Crippen LogP contribution in [0.15, 0.2) is 53.0 Å². The molecule has 0 saturated heterocycles. The van der Waals surface area contributed by atoms with Crippen molar-refractivity contribution in [2.24, 2.45) is 0 Å². The van der Waals surface area contributed by atoms with Crippen molar-refractivity contribution >= 4 is 15.9 Å². The van der Waals surface area contributed by atoms with E-state index in [1.165, 1.54) is 11.6 Å². The topological polar surface area (TPSA) is 12.0 Å². The van der Waals surface area contributed by atoms with Crippen LogP contribution in [0.5, 0.6) is 0 Å². The largest absolute Gasteiger partial charge is 0.310 e. The van der Waals surface area contributed by atoms with E-state index < -0.39 is 0 Å². The minimum absolute atomic E-state index is 0.125. The first kappa shape index (κ1) is 14.2. The fraction of sp³-hybridized carbons (Fsp3) is 0.250. The van der Waals surface area contributed by atoms with Gasteiger partial charge < -0.3 is 5.32 Å². The highest BCUT2D eigenvalue weighted by atomic mass is 79.9. The van der Waals surface area contributed by atoms with Crippen molar-refractivity contribution in [3.05, 3.63) is 69.9 Å². The zero-order valence-corrected chi connectivity index (χ0v) is 12.5. The normalized spacial score (nSPS) is 12.4. The van der Waals surface area contributed by atoms with Crippen LogP contribution in [0, 0.1) is 5.82 Å². The monoisotopic (exact) mass is 321 g/mol. The lowest BCUT2D eigenvalue weighted by Gasteiger charge is -2.14. The summed E-state index contributed by atoms with van der Waals surface area (Å²) in [6, 6.07) is 15.4. The van der Waals surface area contributed by atoms with Crippen LogP contribution < -0.4 is 5.32 Å². The summed E-state index contributed by atoms with van der Waals surface area (Å²) < 4.78 is 14.6. The van der Waals surface area contributed by atoms with Crippen LogP contribution in [0.1, 0.15) is 18.1 Å².